The Morgan fingerprint density at radius 3 is 2.14 bits per heavy atom. The van der Waals surface area contributed by atoms with Gasteiger partial charge in [0.05, 0.1) is 17.3 Å². The van der Waals surface area contributed by atoms with Crippen LogP contribution in [-0.4, -0.2) is 43.3 Å². The summed E-state index contributed by atoms with van der Waals surface area (Å²) in [5.41, 5.74) is 2.54. The Hall–Kier alpha value is -3.20. The van der Waals surface area contributed by atoms with Crippen molar-refractivity contribution in [2.45, 2.75) is 66.7 Å². The number of hydrogen-bond donors (Lipinski definition) is 0. The van der Waals surface area contributed by atoms with Crippen LogP contribution in [0.3, 0.4) is 0 Å². The fourth-order valence-electron chi connectivity index (χ4n) is 3.77. The van der Waals surface area contributed by atoms with E-state index in [0.717, 1.165) is 5.56 Å². The number of aryl methyl sites for hydroxylation is 1. The van der Waals surface area contributed by atoms with E-state index in [9.17, 15) is 14.0 Å². The summed E-state index contributed by atoms with van der Waals surface area (Å²) in [5, 5.41) is 9.03. The molecule has 0 saturated carbocycles. The number of nitrogens with zero attached hydrogens (tertiary/aromatic N) is 3. The Bertz CT molecular complexity index is 972. The lowest BCUT2D eigenvalue weighted by Crippen LogP contribution is -2.49. The second kappa shape index (κ2) is 16.4. The van der Waals surface area contributed by atoms with Crippen molar-refractivity contribution in [3.8, 4) is 6.07 Å². The second-order valence-corrected chi connectivity index (χ2v) is 8.31. The fraction of sp³-hybridized carbons (Fsp3) is 0.483. The van der Waals surface area contributed by atoms with E-state index in [1.165, 1.54) is 38.2 Å². The predicted molar refractivity (Wildman–Crippen MR) is 142 cm³/mol. The number of piperazine rings is 1. The second-order valence-electron chi connectivity index (χ2n) is 8.31. The maximum absolute atomic E-state index is 14.2. The Labute approximate surface area is 210 Å². The van der Waals surface area contributed by atoms with Gasteiger partial charge >= 0.3 is 0 Å². The summed E-state index contributed by atoms with van der Waals surface area (Å²) in [6.07, 6.45) is 7.62. The topological polar surface area (TPSA) is 64.4 Å². The highest BCUT2D eigenvalue weighted by atomic mass is 19.1. The van der Waals surface area contributed by atoms with Gasteiger partial charge in [0.25, 0.3) is 5.91 Å². The lowest BCUT2D eigenvalue weighted by atomic mass is 10.0. The van der Waals surface area contributed by atoms with E-state index in [4.69, 9.17) is 5.26 Å². The first-order valence-electron chi connectivity index (χ1n) is 12.7. The fourth-order valence-corrected chi connectivity index (χ4v) is 3.77. The first-order valence-corrected chi connectivity index (χ1v) is 12.7. The highest BCUT2D eigenvalue weighted by Gasteiger charge is 2.24. The van der Waals surface area contributed by atoms with Crippen molar-refractivity contribution in [3.63, 3.8) is 0 Å². The summed E-state index contributed by atoms with van der Waals surface area (Å²) in [7, 11) is 0. The van der Waals surface area contributed by atoms with Crippen LogP contribution in [0, 0.1) is 24.1 Å². The molecular weight excluding hydrogens is 441 g/mol. The van der Waals surface area contributed by atoms with Gasteiger partial charge in [-0.25, -0.2) is 4.39 Å². The van der Waals surface area contributed by atoms with E-state index in [2.05, 4.69) is 19.9 Å². The van der Waals surface area contributed by atoms with Gasteiger partial charge in [-0.05, 0) is 42.8 Å². The molecule has 190 valence electrons. The molecule has 2 aromatic rings. The minimum Gasteiger partial charge on any atom is -0.366 e. The molecule has 0 spiro atoms. The number of nitriles is 1. The quantitative estimate of drug-likeness (QED) is 0.323. The van der Waals surface area contributed by atoms with E-state index < -0.39 is 5.82 Å². The number of benzene rings is 2. The van der Waals surface area contributed by atoms with Crippen LogP contribution in [0.15, 0.2) is 36.4 Å². The molecule has 6 heteroatoms. The van der Waals surface area contributed by atoms with Crippen molar-refractivity contribution in [3.05, 3.63) is 64.5 Å². The third kappa shape index (κ3) is 9.16. The zero-order valence-electron chi connectivity index (χ0n) is 21.9. The van der Waals surface area contributed by atoms with Crippen molar-refractivity contribution in [2.75, 3.05) is 31.1 Å². The van der Waals surface area contributed by atoms with Crippen molar-refractivity contribution in [1.29, 1.82) is 5.26 Å². The summed E-state index contributed by atoms with van der Waals surface area (Å²) >= 11 is 0. The maximum Gasteiger partial charge on any atom is 0.254 e. The van der Waals surface area contributed by atoms with Gasteiger partial charge in [0.1, 0.15) is 12.1 Å². The van der Waals surface area contributed by atoms with Crippen molar-refractivity contribution in [1.82, 2.24) is 4.90 Å². The summed E-state index contributed by atoms with van der Waals surface area (Å²) < 4.78 is 14.2. The van der Waals surface area contributed by atoms with Crippen LogP contribution in [-0.2, 0) is 0 Å². The molecule has 1 aliphatic rings. The molecule has 2 aromatic carbocycles. The number of carbonyl (C=O) groups excluding carboxylic acids is 2. The number of unbranched alkanes of at least 4 members (excludes halogenated alkanes) is 4. The van der Waals surface area contributed by atoms with Crippen LogP contribution >= 0.6 is 0 Å². The van der Waals surface area contributed by atoms with Crippen molar-refractivity contribution >= 4 is 17.9 Å². The molecule has 5 nitrogen and oxygen atoms in total. The zero-order valence-corrected chi connectivity index (χ0v) is 21.9. The summed E-state index contributed by atoms with van der Waals surface area (Å²) in [4.78, 5) is 27.1. The lowest BCUT2D eigenvalue weighted by molar-refractivity contribution is 0.0745. The first-order chi connectivity index (χ1) is 16.9. The zero-order chi connectivity index (χ0) is 26.2. The molecule has 0 radical (unpaired) electrons. The number of carbonyl (C=O) groups is 2. The Kier molecular flexibility index (Phi) is 14.0. The average Bonchev–Trinajstić information content (AvgIpc) is 2.90. The Morgan fingerprint density at radius 2 is 1.63 bits per heavy atom. The van der Waals surface area contributed by atoms with Gasteiger partial charge in [0.15, 0.2) is 0 Å². The molecule has 1 saturated heterocycles. The molecule has 1 amide bonds. The minimum absolute atomic E-state index is 0.115. The third-order valence-electron chi connectivity index (χ3n) is 5.82. The van der Waals surface area contributed by atoms with Crippen LogP contribution < -0.4 is 4.90 Å². The van der Waals surface area contributed by atoms with E-state index in [1.54, 1.807) is 35.2 Å². The monoisotopic (exact) mass is 481 g/mol. The highest BCUT2D eigenvalue weighted by molar-refractivity contribution is 5.96. The average molecular weight is 482 g/mol. The Balaban J connectivity index is 0.000000587. The minimum atomic E-state index is -0.438. The molecule has 0 N–H and O–H groups in total. The van der Waals surface area contributed by atoms with E-state index in [1.807, 2.05) is 25.7 Å². The van der Waals surface area contributed by atoms with Gasteiger partial charge in [-0.15, -0.1) is 0 Å². The predicted octanol–water partition coefficient (Wildman–Crippen LogP) is 6.78. The third-order valence-corrected chi connectivity index (χ3v) is 5.82. The largest absolute Gasteiger partial charge is 0.366 e. The van der Waals surface area contributed by atoms with Gasteiger partial charge in [0, 0.05) is 37.3 Å². The van der Waals surface area contributed by atoms with Crippen molar-refractivity contribution < 1.29 is 14.0 Å². The molecular formula is C29H40FN3O2. The van der Waals surface area contributed by atoms with Crippen LogP contribution in [0.4, 0.5) is 10.1 Å². The smallest absolute Gasteiger partial charge is 0.254 e. The molecule has 0 atom stereocenters. The Morgan fingerprint density at radius 1 is 1.00 bits per heavy atom. The molecule has 0 aliphatic carbocycles. The molecule has 0 bridgehead atoms. The van der Waals surface area contributed by atoms with E-state index in [-0.39, 0.29) is 5.91 Å². The maximum atomic E-state index is 14.2. The summed E-state index contributed by atoms with van der Waals surface area (Å²) in [6, 6.07) is 11.5. The van der Waals surface area contributed by atoms with Crippen LogP contribution in [0.25, 0.3) is 0 Å². The van der Waals surface area contributed by atoms with Gasteiger partial charge in [-0.3, -0.25) is 9.59 Å². The van der Waals surface area contributed by atoms with Crippen LogP contribution in [0.2, 0.25) is 0 Å². The first kappa shape index (κ1) is 29.8. The number of halogens is 1. The normalized spacial score (nSPS) is 12.5. The number of amides is 1. The number of rotatable bonds is 7. The number of aldehydes is 1. The lowest BCUT2D eigenvalue weighted by Gasteiger charge is -2.36. The van der Waals surface area contributed by atoms with Gasteiger partial charge in [-0.2, -0.15) is 5.26 Å². The molecule has 1 heterocycles. The van der Waals surface area contributed by atoms with Gasteiger partial charge < -0.3 is 9.80 Å². The SMILES string of the molecule is CC.CCCCCCC.Cc1ccc(C#N)cc1C(=O)N1CCN(c2ccc(C=O)cc2F)CC1. The molecule has 35 heavy (non-hydrogen) atoms. The molecule has 1 fully saturated rings. The van der Waals surface area contributed by atoms with E-state index >= 15 is 0 Å². The van der Waals surface area contributed by atoms with Crippen LogP contribution in [0.5, 0.6) is 0 Å². The van der Waals surface area contributed by atoms with Gasteiger partial charge in [-0.1, -0.05) is 65.9 Å². The van der Waals surface area contributed by atoms with Crippen molar-refractivity contribution in [2.24, 2.45) is 0 Å². The van der Waals surface area contributed by atoms with Crippen LogP contribution in [0.1, 0.15) is 91.6 Å². The molecule has 1 aliphatic heterocycles. The standard InChI is InChI=1S/C20H18FN3O2.C7H16.C2H6/c1-14-2-3-15(12-22)10-17(14)20(26)24-8-6-23(7-9-24)19-5-4-16(13-25)11-18(19)21;1-3-5-7-6-4-2;1-2/h2-5,10-11,13H,6-9H2,1H3;3-7H2,1-2H3;1-2H3. The number of anilines is 1. The summed E-state index contributed by atoms with van der Waals surface area (Å²) in [6.45, 7) is 12.3. The molecule has 3 rings (SSSR count). The molecule has 0 aromatic heterocycles. The highest BCUT2D eigenvalue weighted by Crippen LogP contribution is 2.22. The molecule has 0 unspecified atom stereocenters. The van der Waals surface area contributed by atoms with Gasteiger partial charge in [0.2, 0.25) is 0 Å². The number of hydrogen-bond acceptors (Lipinski definition) is 4. The van der Waals surface area contributed by atoms with E-state index in [0.29, 0.717) is 54.8 Å². The summed E-state index contributed by atoms with van der Waals surface area (Å²) in [5.74, 6) is -0.553.